The van der Waals surface area contributed by atoms with Crippen molar-refractivity contribution in [3.05, 3.63) is 0 Å². The Labute approximate surface area is 137 Å². The molecule has 1 aliphatic heterocycles. The summed E-state index contributed by atoms with van der Waals surface area (Å²) < 4.78 is 5.97. The molecule has 1 fully saturated rings. The number of ether oxygens (including phenoxy) is 1. The summed E-state index contributed by atoms with van der Waals surface area (Å²) >= 11 is 0. The molecule has 0 radical (unpaired) electrons. The number of piperidine rings is 1. The molecule has 1 heterocycles. The second kappa shape index (κ2) is 6.90. The van der Waals surface area contributed by atoms with Crippen LogP contribution in [0.15, 0.2) is 0 Å². The molecule has 22 heavy (non-hydrogen) atoms. The van der Waals surface area contributed by atoms with E-state index in [4.69, 9.17) is 4.74 Å². The standard InChI is InChI=1S/C19H37NO2/c1-13(2)10-16(14(3)4)17(21)22-15-11-18(5,6)20(9)19(7,8)12-15/h13-16H,10-12H2,1-9H3. The summed E-state index contributed by atoms with van der Waals surface area (Å²) in [7, 11) is 2.17. The van der Waals surface area contributed by atoms with E-state index in [1.165, 1.54) is 0 Å². The van der Waals surface area contributed by atoms with Crippen LogP contribution in [-0.2, 0) is 9.53 Å². The minimum atomic E-state index is 0.00449. The Kier molecular flexibility index (Phi) is 6.11. The van der Waals surface area contributed by atoms with Crippen LogP contribution in [0.4, 0.5) is 0 Å². The predicted octanol–water partition coefficient (Wildman–Crippen LogP) is 4.50. The topological polar surface area (TPSA) is 29.5 Å². The first-order chi connectivity index (χ1) is 9.86. The molecule has 0 amide bonds. The SMILES string of the molecule is CC(C)CC(C(=O)OC1CC(C)(C)N(C)C(C)(C)C1)C(C)C. The summed E-state index contributed by atoms with van der Waals surface area (Å²) in [5.41, 5.74) is 0.107. The van der Waals surface area contributed by atoms with E-state index in [1.54, 1.807) is 0 Å². The van der Waals surface area contributed by atoms with E-state index in [-0.39, 0.29) is 29.1 Å². The van der Waals surface area contributed by atoms with Crippen LogP contribution in [0.1, 0.15) is 74.7 Å². The molecule has 0 aromatic carbocycles. The Morgan fingerprint density at radius 2 is 1.55 bits per heavy atom. The van der Waals surface area contributed by atoms with Gasteiger partial charge in [-0.05, 0) is 53.0 Å². The first-order valence-electron chi connectivity index (χ1n) is 8.81. The first-order valence-corrected chi connectivity index (χ1v) is 8.81. The van der Waals surface area contributed by atoms with Crippen LogP contribution in [0.25, 0.3) is 0 Å². The van der Waals surface area contributed by atoms with E-state index in [2.05, 4.69) is 67.3 Å². The maximum Gasteiger partial charge on any atom is 0.309 e. The first kappa shape index (κ1) is 19.5. The van der Waals surface area contributed by atoms with Crippen molar-refractivity contribution in [2.75, 3.05) is 7.05 Å². The third-order valence-corrected chi connectivity index (χ3v) is 5.39. The monoisotopic (exact) mass is 311 g/mol. The summed E-state index contributed by atoms with van der Waals surface area (Å²) in [5.74, 6) is 0.878. The van der Waals surface area contributed by atoms with Gasteiger partial charge in [-0.2, -0.15) is 0 Å². The fourth-order valence-electron chi connectivity index (χ4n) is 3.76. The van der Waals surface area contributed by atoms with Gasteiger partial charge in [-0.1, -0.05) is 27.7 Å². The predicted molar refractivity (Wildman–Crippen MR) is 92.8 cm³/mol. The number of nitrogens with zero attached hydrogens (tertiary/aromatic N) is 1. The zero-order valence-corrected chi connectivity index (χ0v) is 16.2. The minimum Gasteiger partial charge on any atom is -0.462 e. The fraction of sp³-hybridized carbons (Fsp3) is 0.947. The Bertz CT molecular complexity index is 367. The average molecular weight is 312 g/mol. The lowest BCUT2D eigenvalue weighted by Crippen LogP contribution is -2.60. The molecule has 130 valence electrons. The van der Waals surface area contributed by atoms with E-state index in [1.807, 2.05) is 0 Å². The molecular formula is C19H37NO2. The normalized spacial score (nSPS) is 23.8. The molecule has 1 atom stereocenters. The lowest BCUT2D eigenvalue weighted by Gasteiger charge is -2.53. The molecule has 0 aromatic heterocycles. The molecule has 3 heteroatoms. The third kappa shape index (κ3) is 4.71. The number of carbonyl (C=O) groups excluding carboxylic acids is 1. The summed E-state index contributed by atoms with van der Waals surface area (Å²) in [5, 5.41) is 0. The number of likely N-dealkylation sites (tertiary alicyclic amines) is 1. The smallest absolute Gasteiger partial charge is 0.309 e. The van der Waals surface area contributed by atoms with Crippen molar-refractivity contribution >= 4 is 5.97 Å². The molecule has 1 saturated heterocycles. The van der Waals surface area contributed by atoms with Crippen LogP contribution < -0.4 is 0 Å². The van der Waals surface area contributed by atoms with E-state index in [0.29, 0.717) is 11.8 Å². The van der Waals surface area contributed by atoms with Crippen molar-refractivity contribution in [1.82, 2.24) is 4.90 Å². The van der Waals surface area contributed by atoms with Crippen LogP contribution in [0, 0.1) is 17.8 Å². The summed E-state index contributed by atoms with van der Waals surface area (Å²) in [6.45, 7) is 17.5. The van der Waals surface area contributed by atoms with Gasteiger partial charge in [0.15, 0.2) is 0 Å². The number of esters is 1. The number of hydrogen-bond acceptors (Lipinski definition) is 3. The van der Waals surface area contributed by atoms with Crippen molar-refractivity contribution in [1.29, 1.82) is 0 Å². The molecule has 3 nitrogen and oxygen atoms in total. The highest BCUT2D eigenvalue weighted by Gasteiger charge is 2.44. The molecule has 0 aliphatic carbocycles. The number of carbonyl (C=O) groups is 1. The van der Waals surface area contributed by atoms with Crippen LogP contribution in [0.3, 0.4) is 0 Å². The average Bonchev–Trinajstić information content (AvgIpc) is 2.31. The second-order valence-corrected chi connectivity index (χ2v) is 9.13. The number of rotatable bonds is 5. The lowest BCUT2D eigenvalue weighted by molar-refractivity contribution is -0.165. The van der Waals surface area contributed by atoms with Gasteiger partial charge >= 0.3 is 5.97 Å². The highest BCUT2D eigenvalue weighted by molar-refractivity contribution is 5.73. The molecule has 0 N–H and O–H groups in total. The Morgan fingerprint density at radius 3 is 1.91 bits per heavy atom. The van der Waals surface area contributed by atoms with Gasteiger partial charge in [0.1, 0.15) is 6.10 Å². The van der Waals surface area contributed by atoms with Crippen LogP contribution in [0.2, 0.25) is 0 Å². The van der Waals surface area contributed by atoms with Gasteiger partial charge < -0.3 is 4.74 Å². The van der Waals surface area contributed by atoms with E-state index < -0.39 is 0 Å². The molecule has 0 aromatic rings. The maximum absolute atomic E-state index is 12.7. The Hall–Kier alpha value is -0.570. The molecule has 1 rings (SSSR count). The largest absolute Gasteiger partial charge is 0.462 e. The van der Waals surface area contributed by atoms with Crippen LogP contribution >= 0.6 is 0 Å². The molecule has 0 bridgehead atoms. The fourth-order valence-corrected chi connectivity index (χ4v) is 3.76. The van der Waals surface area contributed by atoms with Gasteiger partial charge in [-0.25, -0.2) is 0 Å². The van der Waals surface area contributed by atoms with Crippen molar-refractivity contribution in [3.8, 4) is 0 Å². The van der Waals surface area contributed by atoms with Gasteiger partial charge in [-0.15, -0.1) is 0 Å². The Morgan fingerprint density at radius 1 is 1.09 bits per heavy atom. The quantitative estimate of drug-likeness (QED) is 0.700. The van der Waals surface area contributed by atoms with Gasteiger partial charge in [0.25, 0.3) is 0 Å². The Balaban J connectivity index is 2.79. The molecule has 0 spiro atoms. The van der Waals surface area contributed by atoms with Gasteiger partial charge in [0.05, 0.1) is 5.92 Å². The molecule has 1 unspecified atom stereocenters. The van der Waals surface area contributed by atoms with Crippen molar-refractivity contribution in [2.45, 2.75) is 91.8 Å². The van der Waals surface area contributed by atoms with E-state index in [0.717, 1.165) is 19.3 Å². The van der Waals surface area contributed by atoms with Gasteiger partial charge in [-0.3, -0.25) is 9.69 Å². The van der Waals surface area contributed by atoms with E-state index >= 15 is 0 Å². The lowest BCUT2D eigenvalue weighted by atomic mass is 9.78. The zero-order valence-electron chi connectivity index (χ0n) is 16.2. The van der Waals surface area contributed by atoms with Crippen molar-refractivity contribution < 1.29 is 9.53 Å². The van der Waals surface area contributed by atoms with Gasteiger partial charge in [0, 0.05) is 23.9 Å². The molecule has 1 aliphatic rings. The van der Waals surface area contributed by atoms with Gasteiger partial charge in [0.2, 0.25) is 0 Å². The number of hydrogen-bond donors (Lipinski definition) is 0. The summed E-state index contributed by atoms with van der Waals surface area (Å²) in [4.78, 5) is 15.1. The van der Waals surface area contributed by atoms with Crippen molar-refractivity contribution in [2.24, 2.45) is 17.8 Å². The minimum absolute atomic E-state index is 0.00449. The highest BCUT2D eigenvalue weighted by atomic mass is 16.5. The van der Waals surface area contributed by atoms with Crippen molar-refractivity contribution in [3.63, 3.8) is 0 Å². The third-order valence-electron chi connectivity index (χ3n) is 5.39. The second-order valence-electron chi connectivity index (χ2n) is 9.13. The summed E-state index contributed by atoms with van der Waals surface area (Å²) in [6.07, 6.45) is 2.76. The van der Waals surface area contributed by atoms with E-state index in [9.17, 15) is 4.79 Å². The maximum atomic E-state index is 12.7. The molecule has 0 saturated carbocycles. The van der Waals surface area contributed by atoms with Crippen LogP contribution in [-0.4, -0.2) is 35.1 Å². The molecular weight excluding hydrogens is 274 g/mol. The van der Waals surface area contributed by atoms with Crippen LogP contribution in [0.5, 0.6) is 0 Å². The highest BCUT2D eigenvalue weighted by Crippen LogP contribution is 2.38. The summed E-state index contributed by atoms with van der Waals surface area (Å²) in [6, 6.07) is 0. The zero-order chi connectivity index (χ0) is 17.3.